The van der Waals surface area contributed by atoms with Crippen LogP contribution in [0.3, 0.4) is 0 Å². The van der Waals surface area contributed by atoms with Crippen molar-refractivity contribution < 1.29 is 13.2 Å². The van der Waals surface area contributed by atoms with E-state index in [4.69, 9.17) is 0 Å². The van der Waals surface area contributed by atoms with Crippen LogP contribution >= 0.6 is 0 Å². The molecule has 1 N–H and O–H groups in total. The number of rotatable bonds is 7. The molecule has 1 saturated heterocycles. The Labute approximate surface area is 207 Å². The van der Waals surface area contributed by atoms with Gasteiger partial charge in [-0.25, -0.2) is 13.8 Å². The maximum Gasteiger partial charge on any atom is 0.254 e. The van der Waals surface area contributed by atoms with E-state index in [1.807, 2.05) is 61.2 Å². The summed E-state index contributed by atoms with van der Waals surface area (Å²) in [4.78, 5) is 14.7. The van der Waals surface area contributed by atoms with Crippen LogP contribution in [0.2, 0.25) is 0 Å². The van der Waals surface area contributed by atoms with Crippen LogP contribution in [-0.4, -0.2) is 62.0 Å². The van der Waals surface area contributed by atoms with Crippen molar-refractivity contribution in [2.75, 3.05) is 32.7 Å². The first-order chi connectivity index (χ1) is 16.8. The maximum atomic E-state index is 12.9. The zero-order valence-electron chi connectivity index (χ0n) is 20.0. The maximum absolute atomic E-state index is 12.9. The predicted octanol–water partition coefficient (Wildman–Crippen LogP) is 3.51. The van der Waals surface area contributed by atoms with Gasteiger partial charge in [0.15, 0.2) is 0 Å². The predicted molar refractivity (Wildman–Crippen MR) is 139 cm³/mol. The summed E-state index contributed by atoms with van der Waals surface area (Å²) in [5.41, 5.74) is 7.55. The molecule has 0 bridgehead atoms. The van der Waals surface area contributed by atoms with E-state index in [1.165, 1.54) is 4.31 Å². The van der Waals surface area contributed by atoms with Crippen molar-refractivity contribution in [2.45, 2.75) is 18.7 Å². The Hall–Kier alpha value is -3.33. The number of nitrogens with zero attached hydrogens (tertiary/aromatic N) is 3. The smallest absolute Gasteiger partial charge is 0.254 e. The summed E-state index contributed by atoms with van der Waals surface area (Å²) in [6, 6.07) is 25.1. The number of carbonyl (C=O) groups is 1. The number of hydrogen-bond donors (Lipinski definition) is 1. The summed E-state index contributed by atoms with van der Waals surface area (Å²) in [6.45, 7) is 5.62. The number of amides is 1. The SMILES string of the molecule is CC(=NNC(=O)CN1CCN(S(=O)(=O)c2ccc(C)cc2)CC1)c1ccc(-c2ccccc2)cc1. The first-order valence-corrected chi connectivity index (χ1v) is 13.0. The van der Waals surface area contributed by atoms with E-state index in [2.05, 4.69) is 22.7 Å². The van der Waals surface area contributed by atoms with Gasteiger partial charge in [0, 0.05) is 26.2 Å². The van der Waals surface area contributed by atoms with Gasteiger partial charge in [-0.2, -0.15) is 9.41 Å². The zero-order valence-corrected chi connectivity index (χ0v) is 20.8. The Morgan fingerprint density at radius 2 is 1.46 bits per heavy atom. The van der Waals surface area contributed by atoms with Gasteiger partial charge in [0.05, 0.1) is 17.2 Å². The lowest BCUT2D eigenvalue weighted by Crippen LogP contribution is -2.50. The van der Waals surface area contributed by atoms with Gasteiger partial charge in [-0.15, -0.1) is 0 Å². The van der Waals surface area contributed by atoms with Gasteiger partial charge >= 0.3 is 0 Å². The van der Waals surface area contributed by atoms with Gasteiger partial charge in [0.25, 0.3) is 5.91 Å². The van der Waals surface area contributed by atoms with E-state index in [0.29, 0.717) is 36.8 Å². The molecule has 1 aliphatic rings. The molecule has 3 aromatic rings. The summed E-state index contributed by atoms with van der Waals surface area (Å²) >= 11 is 0. The third-order valence-corrected chi connectivity index (χ3v) is 8.03. The Bertz CT molecular complexity index is 1280. The Morgan fingerprint density at radius 1 is 0.857 bits per heavy atom. The Balaban J connectivity index is 1.27. The molecule has 4 rings (SSSR count). The van der Waals surface area contributed by atoms with Crippen LogP contribution in [0, 0.1) is 6.92 Å². The summed E-state index contributed by atoms with van der Waals surface area (Å²) in [6.07, 6.45) is 0. The lowest BCUT2D eigenvalue weighted by atomic mass is 10.0. The summed E-state index contributed by atoms with van der Waals surface area (Å²) in [5, 5.41) is 4.25. The molecule has 1 fully saturated rings. The van der Waals surface area contributed by atoms with Crippen molar-refractivity contribution in [1.29, 1.82) is 0 Å². The molecule has 0 unspecified atom stereocenters. The molecule has 7 nitrogen and oxygen atoms in total. The number of benzene rings is 3. The number of carbonyl (C=O) groups excluding carboxylic acids is 1. The van der Waals surface area contributed by atoms with Crippen LogP contribution in [0.15, 0.2) is 88.9 Å². The number of sulfonamides is 1. The first kappa shape index (κ1) is 24.8. The molecule has 0 saturated carbocycles. The molecule has 0 aromatic heterocycles. The molecule has 0 spiro atoms. The van der Waals surface area contributed by atoms with Crippen molar-refractivity contribution >= 4 is 21.6 Å². The molecule has 1 aliphatic heterocycles. The van der Waals surface area contributed by atoms with Gasteiger partial charge in [-0.05, 0) is 42.7 Å². The van der Waals surface area contributed by atoms with Gasteiger partial charge in [0.1, 0.15) is 0 Å². The lowest BCUT2D eigenvalue weighted by molar-refractivity contribution is -0.122. The molecular formula is C27H30N4O3S. The van der Waals surface area contributed by atoms with E-state index in [0.717, 1.165) is 22.3 Å². The fraction of sp³-hybridized carbons (Fsp3) is 0.259. The second kappa shape index (κ2) is 10.9. The molecule has 8 heteroatoms. The van der Waals surface area contributed by atoms with Crippen LogP contribution < -0.4 is 5.43 Å². The van der Waals surface area contributed by atoms with Crippen LogP contribution in [0.1, 0.15) is 18.1 Å². The van der Waals surface area contributed by atoms with E-state index < -0.39 is 10.0 Å². The van der Waals surface area contributed by atoms with Crippen molar-refractivity contribution in [3.05, 3.63) is 90.0 Å². The van der Waals surface area contributed by atoms with Crippen LogP contribution in [-0.2, 0) is 14.8 Å². The molecule has 182 valence electrons. The minimum absolute atomic E-state index is 0.169. The standard InChI is InChI=1S/C27H30N4O3S/c1-21-8-14-26(15-9-21)35(33,34)31-18-16-30(17-19-31)20-27(32)29-28-22(2)23-10-12-25(13-11-23)24-6-4-3-5-7-24/h3-15H,16-20H2,1-2H3,(H,29,32). The van der Waals surface area contributed by atoms with E-state index in [-0.39, 0.29) is 12.5 Å². The van der Waals surface area contributed by atoms with Crippen molar-refractivity contribution in [3.63, 3.8) is 0 Å². The highest BCUT2D eigenvalue weighted by Crippen LogP contribution is 2.20. The average Bonchev–Trinajstić information content (AvgIpc) is 2.88. The monoisotopic (exact) mass is 490 g/mol. The lowest BCUT2D eigenvalue weighted by Gasteiger charge is -2.33. The van der Waals surface area contributed by atoms with Crippen molar-refractivity contribution in [3.8, 4) is 11.1 Å². The third-order valence-electron chi connectivity index (χ3n) is 6.12. The second-order valence-electron chi connectivity index (χ2n) is 8.67. The molecule has 3 aromatic carbocycles. The minimum Gasteiger partial charge on any atom is -0.292 e. The molecule has 35 heavy (non-hydrogen) atoms. The zero-order chi connectivity index (χ0) is 24.8. The van der Waals surface area contributed by atoms with Crippen LogP contribution in [0.25, 0.3) is 11.1 Å². The number of aryl methyl sites for hydroxylation is 1. The van der Waals surface area contributed by atoms with Crippen LogP contribution in [0.5, 0.6) is 0 Å². The number of hydrazone groups is 1. The highest BCUT2D eigenvalue weighted by atomic mass is 32.2. The van der Waals surface area contributed by atoms with E-state index in [9.17, 15) is 13.2 Å². The van der Waals surface area contributed by atoms with Crippen molar-refractivity contribution in [1.82, 2.24) is 14.6 Å². The average molecular weight is 491 g/mol. The molecule has 1 amide bonds. The molecular weight excluding hydrogens is 460 g/mol. The van der Waals surface area contributed by atoms with Crippen molar-refractivity contribution in [2.24, 2.45) is 5.10 Å². The topological polar surface area (TPSA) is 82.1 Å². The van der Waals surface area contributed by atoms with E-state index >= 15 is 0 Å². The Morgan fingerprint density at radius 3 is 2.09 bits per heavy atom. The summed E-state index contributed by atoms with van der Waals surface area (Å²) in [7, 11) is -3.52. The molecule has 0 aliphatic carbocycles. The normalized spacial score (nSPS) is 15.7. The number of piperazine rings is 1. The molecule has 0 atom stereocenters. The van der Waals surface area contributed by atoms with Gasteiger partial charge in [0.2, 0.25) is 10.0 Å². The van der Waals surface area contributed by atoms with Crippen LogP contribution in [0.4, 0.5) is 0 Å². The second-order valence-corrected chi connectivity index (χ2v) is 10.6. The Kier molecular flexibility index (Phi) is 7.75. The number of nitrogens with one attached hydrogen (secondary N) is 1. The largest absolute Gasteiger partial charge is 0.292 e. The van der Waals surface area contributed by atoms with Gasteiger partial charge in [-0.1, -0.05) is 72.3 Å². The minimum atomic E-state index is -3.52. The number of hydrogen-bond acceptors (Lipinski definition) is 5. The van der Waals surface area contributed by atoms with E-state index in [1.54, 1.807) is 24.3 Å². The third kappa shape index (κ3) is 6.22. The quantitative estimate of drug-likeness (QED) is 0.406. The van der Waals surface area contributed by atoms with Gasteiger partial charge in [-0.3, -0.25) is 9.69 Å². The highest BCUT2D eigenvalue weighted by molar-refractivity contribution is 7.89. The summed E-state index contributed by atoms with van der Waals surface area (Å²) < 4.78 is 27.2. The fourth-order valence-electron chi connectivity index (χ4n) is 3.97. The first-order valence-electron chi connectivity index (χ1n) is 11.6. The fourth-order valence-corrected chi connectivity index (χ4v) is 5.39. The molecule has 0 radical (unpaired) electrons. The molecule has 1 heterocycles. The highest BCUT2D eigenvalue weighted by Gasteiger charge is 2.28. The summed E-state index contributed by atoms with van der Waals surface area (Å²) in [5.74, 6) is -0.222. The van der Waals surface area contributed by atoms with Gasteiger partial charge < -0.3 is 0 Å².